The number of hydrogen-bond acceptors (Lipinski definition) is 9. The van der Waals surface area contributed by atoms with Crippen LogP contribution in [-0.2, 0) is 42.5 Å². The highest BCUT2D eigenvalue weighted by Gasteiger charge is 2.52. The number of hydrogen-bond donors (Lipinski definition) is 5. The number of alkyl halides is 1. The van der Waals surface area contributed by atoms with Gasteiger partial charge in [0.2, 0.25) is 25.4 Å². The third kappa shape index (κ3) is 10.9. The molecule has 0 spiro atoms. The lowest BCUT2D eigenvalue weighted by atomic mass is 9.92. The van der Waals surface area contributed by atoms with Crippen molar-refractivity contribution >= 4 is 56.6 Å². The van der Waals surface area contributed by atoms with Crippen LogP contribution in [0.5, 0.6) is 23.0 Å². The first-order valence-corrected chi connectivity index (χ1v) is 23.7. The lowest BCUT2D eigenvalue weighted by Crippen LogP contribution is -2.30. The number of halogens is 1. The van der Waals surface area contributed by atoms with Gasteiger partial charge in [0.05, 0.1) is 42.1 Å². The largest absolute Gasteiger partial charge is 0.454 e. The predicted molar refractivity (Wildman–Crippen MR) is 276 cm³/mol. The highest BCUT2D eigenvalue weighted by molar-refractivity contribution is 6.18. The Morgan fingerprint density at radius 1 is 0.725 bits per heavy atom. The van der Waals surface area contributed by atoms with E-state index in [4.69, 9.17) is 35.3 Å². The van der Waals surface area contributed by atoms with Gasteiger partial charge in [0, 0.05) is 61.9 Å². The molecule has 5 N–H and O–H groups in total. The van der Waals surface area contributed by atoms with Crippen LogP contribution in [0.25, 0.3) is 21.8 Å². The summed E-state index contributed by atoms with van der Waals surface area (Å²) in [5, 5.41) is 21.9. The van der Waals surface area contributed by atoms with Gasteiger partial charge in [-0.05, 0) is 117 Å². The van der Waals surface area contributed by atoms with Gasteiger partial charge in [-0.15, -0.1) is 11.6 Å². The average molecular weight is 965 g/mol. The van der Waals surface area contributed by atoms with Crippen molar-refractivity contribution < 1.29 is 38.4 Å². The van der Waals surface area contributed by atoms with Crippen LogP contribution in [-0.4, -0.2) is 78.3 Å². The van der Waals surface area contributed by atoms with E-state index in [1.165, 1.54) is 5.69 Å². The number of nitrogens with one attached hydrogen (secondary N) is 4. The summed E-state index contributed by atoms with van der Waals surface area (Å²) in [5.74, 6) is 3.61. The number of carbonyl (C=O) groups excluding carboxylic acids is 2. The fourth-order valence-electron chi connectivity index (χ4n) is 8.88. The van der Waals surface area contributed by atoms with E-state index in [1.54, 1.807) is 0 Å². The number of rotatable bonds is 11. The van der Waals surface area contributed by atoms with E-state index in [0.717, 1.165) is 99.5 Å². The molecular weight excluding hydrogens is 894 g/mol. The van der Waals surface area contributed by atoms with Gasteiger partial charge in [-0.2, -0.15) is 0 Å². The molecule has 370 valence electrons. The molecule has 14 heteroatoms. The van der Waals surface area contributed by atoms with Gasteiger partial charge in [-0.3, -0.25) is 9.59 Å². The molecule has 4 aromatic carbocycles. The molecule has 2 aliphatic carbocycles. The van der Waals surface area contributed by atoms with Crippen molar-refractivity contribution in [1.82, 2.24) is 14.9 Å². The summed E-state index contributed by atoms with van der Waals surface area (Å²) in [6.45, 7) is 15.4. The molecule has 2 atom stereocenters. The number of anilines is 2. The first-order valence-electron chi connectivity index (χ1n) is 23.2. The van der Waals surface area contributed by atoms with Gasteiger partial charge < -0.3 is 54.3 Å². The van der Waals surface area contributed by atoms with Crippen molar-refractivity contribution in [3.05, 3.63) is 107 Å². The Kier molecular flexibility index (Phi) is 14.8. The van der Waals surface area contributed by atoms with E-state index in [0.29, 0.717) is 30.8 Å². The Morgan fingerprint density at radius 3 is 1.71 bits per heavy atom. The van der Waals surface area contributed by atoms with E-state index in [9.17, 15) is 14.7 Å². The number of carbonyl (C=O) groups is 2. The Hall–Kier alpha value is -5.73. The SMILES string of the molecule is C.C.CC(C)(C)c1cc2cc(NC(=O)C3(c4ccc5c(c4)OCO5)CC3)ccc2[nH]1.CNCC(O)Cn1c(C(C)(C)C)cc2cc(NC(=O)C3(c4ccc5c(c4)OCO5)CC3)ccc21.ClCC1CO1. The monoisotopic (exact) mass is 963 g/mol. The number of epoxide rings is 1. The van der Waals surface area contributed by atoms with Crippen LogP contribution in [0.2, 0.25) is 0 Å². The molecule has 0 radical (unpaired) electrons. The third-order valence-corrected chi connectivity index (χ3v) is 13.6. The summed E-state index contributed by atoms with van der Waals surface area (Å²) in [6.07, 6.45) is 3.23. The van der Waals surface area contributed by atoms with E-state index >= 15 is 0 Å². The molecule has 3 fully saturated rings. The quantitative estimate of drug-likeness (QED) is 0.0629. The molecule has 2 aromatic heterocycles. The maximum Gasteiger partial charge on any atom is 0.235 e. The standard InChI is InChI=1S/C27H33N3O4.C23H24N2O3.C3H5ClO.2CH4/c1-26(2,3)24-12-17-11-19(6-7-21(17)30(24)15-20(31)14-28-4)29-25(32)27(9-10-27)18-5-8-22-23(13-18)34-16-33-22;1-22(2,3)20-11-14-10-16(5-6-17(14)25-20)24-21(26)23(8-9-23)15-4-7-18-19(12-15)28-13-27-18;4-1-3-2-5-3;;/h5-8,11-13,20,28,31H,9-10,14-16H2,1-4H3,(H,29,32);4-7,10-12,25H,8-9,13H2,1-3H3,(H,24,26);3H,1-2H2;2*1H4. The third-order valence-electron chi connectivity index (χ3n) is 13.2. The van der Waals surface area contributed by atoms with Gasteiger partial charge in [-0.25, -0.2) is 0 Å². The molecule has 13 nitrogen and oxygen atoms in total. The van der Waals surface area contributed by atoms with E-state index in [-0.39, 0.29) is 51.1 Å². The number of aromatic amines is 1. The Labute approximate surface area is 411 Å². The van der Waals surface area contributed by atoms with Crippen molar-refractivity contribution in [2.75, 3.05) is 50.3 Å². The van der Waals surface area contributed by atoms with E-state index in [2.05, 4.69) is 79.2 Å². The Balaban J connectivity index is 0.000000182. The van der Waals surface area contributed by atoms with Crippen molar-refractivity contribution in [1.29, 1.82) is 0 Å². The minimum Gasteiger partial charge on any atom is -0.454 e. The molecule has 6 aromatic rings. The zero-order chi connectivity index (χ0) is 47.3. The minimum atomic E-state index is -0.518. The molecule has 11 rings (SSSR count). The van der Waals surface area contributed by atoms with Crippen LogP contribution in [0.1, 0.15) is 105 Å². The van der Waals surface area contributed by atoms with Crippen molar-refractivity contribution in [3.8, 4) is 23.0 Å². The Morgan fingerprint density at radius 2 is 1.25 bits per heavy atom. The van der Waals surface area contributed by atoms with Crippen LogP contribution in [0.3, 0.4) is 0 Å². The van der Waals surface area contributed by atoms with Crippen LogP contribution in [0.4, 0.5) is 11.4 Å². The number of nitrogens with zero attached hydrogens (tertiary/aromatic N) is 1. The number of aliphatic hydroxyl groups is 1. The van der Waals surface area contributed by atoms with Crippen LogP contribution in [0.15, 0.2) is 84.9 Å². The van der Waals surface area contributed by atoms with Gasteiger partial charge in [0.1, 0.15) is 0 Å². The van der Waals surface area contributed by atoms with Crippen LogP contribution < -0.4 is 34.9 Å². The molecule has 2 saturated carbocycles. The number of aromatic nitrogens is 2. The fourth-order valence-corrected chi connectivity index (χ4v) is 9.06. The second-order valence-corrected chi connectivity index (χ2v) is 20.7. The molecule has 2 amide bonds. The summed E-state index contributed by atoms with van der Waals surface area (Å²) in [6, 6.07) is 28.0. The van der Waals surface area contributed by atoms with Gasteiger partial charge in [-0.1, -0.05) is 68.5 Å². The lowest BCUT2D eigenvalue weighted by molar-refractivity contribution is -0.119. The molecule has 3 aliphatic heterocycles. The first-order chi connectivity index (χ1) is 32.0. The summed E-state index contributed by atoms with van der Waals surface area (Å²) in [5.41, 5.74) is 7.02. The summed E-state index contributed by atoms with van der Waals surface area (Å²) >= 11 is 5.27. The molecular formula is C55H70ClN5O8. The maximum absolute atomic E-state index is 13.4. The maximum atomic E-state index is 13.4. The topological polar surface area (TPSA) is 161 Å². The number of H-pyrrole nitrogens is 1. The molecule has 5 heterocycles. The summed E-state index contributed by atoms with van der Waals surface area (Å²) < 4.78 is 28.7. The zero-order valence-corrected chi connectivity index (χ0v) is 40.2. The second-order valence-electron chi connectivity index (χ2n) is 20.4. The van der Waals surface area contributed by atoms with Gasteiger partial charge in [0.25, 0.3) is 0 Å². The normalized spacial score (nSPS) is 17.8. The number of aliphatic hydroxyl groups excluding tert-OH is 1. The van der Waals surface area contributed by atoms with Gasteiger partial charge in [0.15, 0.2) is 23.0 Å². The second kappa shape index (κ2) is 19.9. The summed E-state index contributed by atoms with van der Waals surface area (Å²) in [4.78, 5) is 29.9. The molecule has 1 saturated heterocycles. The first kappa shape index (κ1) is 51.1. The number of fused-ring (bicyclic) bond motifs is 4. The summed E-state index contributed by atoms with van der Waals surface area (Å²) in [7, 11) is 1.84. The Bertz CT molecular complexity index is 2810. The highest BCUT2D eigenvalue weighted by Crippen LogP contribution is 2.52. The average Bonchev–Trinajstić information content (AvgIpc) is 4.26. The number of ether oxygens (including phenoxy) is 5. The van der Waals surface area contributed by atoms with Crippen molar-refractivity contribution in [2.45, 2.75) is 122 Å². The minimum absolute atomic E-state index is 0. The smallest absolute Gasteiger partial charge is 0.235 e. The van der Waals surface area contributed by atoms with E-state index in [1.807, 2.05) is 79.8 Å². The van der Waals surface area contributed by atoms with Crippen LogP contribution >= 0.6 is 11.6 Å². The predicted octanol–water partition coefficient (Wildman–Crippen LogP) is 10.7. The van der Waals surface area contributed by atoms with Crippen molar-refractivity contribution in [3.63, 3.8) is 0 Å². The molecule has 0 bridgehead atoms. The highest BCUT2D eigenvalue weighted by atomic mass is 35.5. The molecule has 2 unspecified atom stereocenters. The fraction of sp³-hybridized carbons (Fsp3) is 0.455. The lowest BCUT2D eigenvalue weighted by Gasteiger charge is -2.23. The van der Waals surface area contributed by atoms with Crippen molar-refractivity contribution in [2.24, 2.45) is 0 Å². The number of likely N-dealkylation sites (N-methyl/N-ethyl adjacent to an activating group) is 1. The molecule has 69 heavy (non-hydrogen) atoms. The van der Waals surface area contributed by atoms with Gasteiger partial charge >= 0.3 is 0 Å². The number of benzene rings is 4. The van der Waals surface area contributed by atoms with Crippen LogP contribution in [0, 0.1) is 0 Å². The zero-order valence-electron chi connectivity index (χ0n) is 39.4. The van der Waals surface area contributed by atoms with E-state index < -0.39 is 16.9 Å². The number of amides is 2. The molecule has 5 aliphatic rings.